The summed E-state index contributed by atoms with van der Waals surface area (Å²) < 4.78 is 10.8. The maximum atomic E-state index is 5.70. The molecule has 1 heterocycles. The average molecular weight is 378 g/mol. The Morgan fingerprint density at radius 2 is 1.64 bits per heavy atom. The molecule has 0 atom stereocenters. The van der Waals surface area contributed by atoms with E-state index in [9.17, 15) is 0 Å². The number of hydrogen-bond acceptors (Lipinski definition) is 6. The molecule has 2 aromatic carbocycles. The number of rotatable bonds is 9. The molecule has 0 fully saturated rings. The first-order valence-electron chi connectivity index (χ1n) is 9.35. The van der Waals surface area contributed by atoms with Crippen LogP contribution in [0.25, 0.3) is 11.4 Å². The van der Waals surface area contributed by atoms with E-state index in [1.807, 2.05) is 74.5 Å². The molecular formula is C22H26N4O2. The molecule has 0 amide bonds. The number of benzene rings is 2. The van der Waals surface area contributed by atoms with Crippen LogP contribution >= 0.6 is 0 Å². The average Bonchev–Trinajstić information content (AvgIpc) is 2.70. The lowest BCUT2D eigenvalue weighted by molar-refractivity contribution is 0.210. The fourth-order valence-electron chi connectivity index (χ4n) is 2.64. The summed E-state index contributed by atoms with van der Waals surface area (Å²) in [6.45, 7) is 5.29. The summed E-state index contributed by atoms with van der Waals surface area (Å²) >= 11 is 0. The molecule has 28 heavy (non-hydrogen) atoms. The van der Waals surface area contributed by atoms with Gasteiger partial charge in [-0.1, -0.05) is 30.3 Å². The van der Waals surface area contributed by atoms with Crippen LogP contribution in [0.15, 0.2) is 60.7 Å². The molecule has 146 valence electrons. The highest BCUT2D eigenvalue weighted by Gasteiger charge is 2.08. The molecule has 0 aliphatic carbocycles. The number of nitrogens with one attached hydrogen (secondary N) is 2. The van der Waals surface area contributed by atoms with E-state index < -0.39 is 0 Å². The van der Waals surface area contributed by atoms with Crippen molar-refractivity contribution in [3.8, 4) is 17.1 Å². The molecule has 0 spiro atoms. The van der Waals surface area contributed by atoms with E-state index in [4.69, 9.17) is 9.47 Å². The second-order valence-electron chi connectivity index (χ2n) is 6.56. The Morgan fingerprint density at radius 3 is 2.32 bits per heavy atom. The van der Waals surface area contributed by atoms with Gasteiger partial charge in [-0.2, -0.15) is 0 Å². The van der Waals surface area contributed by atoms with Crippen LogP contribution < -0.4 is 15.4 Å². The van der Waals surface area contributed by atoms with Crippen molar-refractivity contribution in [1.29, 1.82) is 0 Å². The van der Waals surface area contributed by atoms with Gasteiger partial charge in [0.25, 0.3) is 0 Å². The van der Waals surface area contributed by atoms with Crippen molar-refractivity contribution in [3.63, 3.8) is 0 Å². The van der Waals surface area contributed by atoms with Gasteiger partial charge < -0.3 is 20.1 Å². The standard InChI is InChI=1S/C22H26N4O2/c1-16(2)28-19-11-9-18(10-12-19)24-21-15-20(23-13-14-27-3)25-22(26-21)17-7-5-4-6-8-17/h4-12,15-16H,13-14H2,1-3H3,(H2,23,24,25,26). The Bertz CT molecular complexity index is 867. The molecule has 3 aromatic rings. The summed E-state index contributed by atoms with van der Waals surface area (Å²) in [4.78, 5) is 9.30. The quantitative estimate of drug-likeness (QED) is 0.525. The molecule has 1 aromatic heterocycles. The van der Waals surface area contributed by atoms with Crippen LogP contribution in [0.4, 0.5) is 17.3 Å². The van der Waals surface area contributed by atoms with Crippen LogP contribution in [-0.2, 0) is 4.74 Å². The van der Waals surface area contributed by atoms with E-state index in [2.05, 4.69) is 20.6 Å². The summed E-state index contributed by atoms with van der Waals surface area (Å²) in [7, 11) is 1.68. The zero-order valence-corrected chi connectivity index (χ0v) is 16.5. The van der Waals surface area contributed by atoms with Gasteiger partial charge >= 0.3 is 0 Å². The predicted octanol–water partition coefficient (Wildman–Crippen LogP) is 4.73. The second-order valence-corrected chi connectivity index (χ2v) is 6.56. The van der Waals surface area contributed by atoms with E-state index in [-0.39, 0.29) is 6.10 Å². The summed E-state index contributed by atoms with van der Waals surface area (Å²) in [6, 6.07) is 19.6. The van der Waals surface area contributed by atoms with Crippen molar-refractivity contribution in [2.75, 3.05) is 30.9 Å². The third-order valence-corrected chi connectivity index (χ3v) is 3.87. The van der Waals surface area contributed by atoms with Gasteiger partial charge in [-0.3, -0.25) is 0 Å². The minimum Gasteiger partial charge on any atom is -0.491 e. The third-order valence-electron chi connectivity index (χ3n) is 3.87. The topological polar surface area (TPSA) is 68.3 Å². The summed E-state index contributed by atoms with van der Waals surface area (Å²) in [6.07, 6.45) is 0.148. The predicted molar refractivity (Wildman–Crippen MR) is 113 cm³/mol. The van der Waals surface area contributed by atoms with Crippen LogP contribution in [0.2, 0.25) is 0 Å². The maximum absolute atomic E-state index is 5.70. The minimum absolute atomic E-state index is 0.148. The molecule has 0 aliphatic heterocycles. The van der Waals surface area contributed by atoms with Crippen molar-refractivity contribution in [1.82, 2.24) is 9.97 Å². The van der Waals surface area contributed by atoms with Gasteiger partial charge in [0, 0.05) is 31.0 Å². The lowest BCUT2D eigenvalue weighted by Crippen LogP contribution is -2.10. The Kier molecular flexibility index (Phi) is 6.81. The van der Waals surface area contributed by atoms with Gasteiger partial charge in [-0.05, 0) is 38.1 Å². The molecule has 0 saturated heterocycles. The Balaban J connectivity index is 1.83. The SMILES string of the molecule is COCCNc1cc(Nc2ccc(OC(C)C)cc2)nc(-c2ccccc2)n1. The fourth-order valence-corrected chi connectivity index (χ4v) is 2.64. The van der Waals surface area contributed by atoms with E-state index in [0.29, 0.717) is 24.8 Å². The first-order chi connectivity index (χ1) is 13.6. The first-order valence-corrected chi connectivity index (χ1v) is 9.35. The largest absolute Gasteiger partial charge is 0.491 e. The highest BCUT2D eigenvalue weighted by molar-refractivity contribution is 5.65. The van der Waals surface area contributed by atoms with Gasteiger partial charge in [0.15, 0.2) is 5.82 Å². The van der Waals surface area contributed by atoms with Gasteiger partial charge in [0.05, 0.1) is 12.7 Å². The van der Waals surface area contributed by atoms with Crippen LogP contribution in [0, 0.1) is 0 Å². The molecule has 3 rings (SSSR count). The molecule has 6 heteroatoms. The maximum Gasteiger partial charge on any atom is 0.163 e. The van der Waals surface area contributed by atoms with Crippen LogP contribution in [0.1, 0.15) is 13.8 Å². The van der Waals surface area contributed by atoms with E-state index in [0.717, 1.165) is 22.8 Å². The lowest BCUT2D eigenvalue weighted by atomic mass is 10.2. The Labute approximate surface area is 166 Å². The zero-order valence-electron chi connectivity index (χ0n) is 16.5. The fraction of sp³-hybridized carbons (Fsp3) is 0.273. The van der Waals surface area contributed by atoms with Gasteiger partial charge in [-0.25, -0.2) is 9.97 Å². The van der Waals surface area contributed by atoms with Crippen molar-refractivity contribution in [3.05, 3.63) is 60.7 Å². The van der Waals surface area contributed by atoms with E-state index in [1.165, 1.54) is 0 Å². The van der Waals surface area contributed by atoms with Crippen molar-refractivity contribution >= 4 is 17.3 Å². The van der Waals surface area contributed by atoms with Crippen molar-refractivity contribution in [2.45, 2.75) is 20.0 Å². The van der Waals surface area contributed by atoms with E-state index >= 15 is 0 Å². The smallest absolute Gasteiger partial charge is 0.163 e. The molecular weight excluding hydrogens is 352 g/mol. The molecule has 0 bridgehead atoms. The minimum atomic E-state index is 0.148. The zero-order chi connectivity index (χ0) is 19.8. The van der Waals surface area contributed by atoms with Crippen molar-refractivity contribution in [2.24, 2.45) is 0 Å². The van der Waals surface area contributed by atoms with Crippen molar-refractivity contribution < 1.29 is 9.47 Å². The van der Waals surface area contributed by atoms with Gasteiger partial charge in [0.2, 0.25) is 0 Å². The van der Waals surface area contributed by atoms with E-state index in [1.54, 1.807) is 7.11 Å². The summed E-state index contributed by atoms with van der Waals surface area (Å²) in [5.41, 5.74) is 1.89. The lowest BCUT2D eigenvalue weighted by Gasteiger charge is -2.13. The first kappa shape index (κ1) is 19.6. The number of methoxy groups -OCH3 is 1. The van der Waals surface area contributed by atoms with Gasteiger partial charge in [0.1, 0.15) is 17.4 Å². The number of ether oxygens (including phenoxy) is 2. The monoisotopic (exact) mass is 378 g/mol. The third kappa shape index (κ3) is 5.69. The highest BCUT2D eigenvalue weighted by Crippen LogP contribution is 2.24. The summed E-state index contributed by atoms with van der Waals surface area (Å²) in [5.74, 6) is 2.96. The molecule has 2 N–H and O–H groups in total. The number of aromatic nitrogens is 2. The number of hydrogen-bond donors (Lipinski definition) is 2. The Morgan fingerprint density at radius 1 is 0.929 bits per heavy atom. The normalized spacial score (nSPS) is 10.7. The highest BCUT2D eigenvalue weighted by atomic mass is 16.5. The molecule has 0 aliphatic rings. The van der Waals surface area contributed by atoms with Crippen LogP contribution in [0.5, 0.6) is 5.75 Å². The molecule has 0 saturated carbocycles. The second kappa shape index (κ2) is 9.71. The summed E-state index contributed by atoms with van der Waals surface area (Å²) in [5, 5.41) is 6.62. The molecule has 6 nitrogen and oxygen atoms in total. The number of anilines is 3. The van der Waals surface area contributed by atoms with Crippen LogP contribution in [-0.4, -0.2) is 36.3 Å². The van der Waals surface area contributed by atoms with Gasteiger partial charge in [-0.15, -0.1) is 0 Å². The number of nitrogens with zero attached hydrogens (tertiary/aromatic N) is 2. The molecule has 0 radical (unpaired) electrons. The van der Waals surface area contributed by atoms with Crippen LogP contribution in [0.3, 0.4) is 0 Å². The Hall–Kier alpha value is -3.12. The molecule has 0 unspecified atom stereocenters.